The summed E-state index contributed by atoms with van der Waals surface area (Å²) >= 11 is 5.19. The van der Waals surface area contributed by atoms with Crippen molar-refractivity contribution in [3.8, 4) is 0 Å². The average Bonchev–Trinajstić information content (AvgIpc) is 3.06. The maximum atomic E-state index is 5.19. The topological polar surface area (TPSA) is 59.7 Å². The molecule has 0 aliphatic carbocycles. The first-order chi connectivity index (χ1) is 9.71. The highest BCUT2D eigenvalue weighted by molar-refractivity contribution is 7.80. The normalized spacial score (nSPS) is 10.5. The maximum absolute atomic E-state index is 5.19. The van der Waals surface area contributed by atoms with Gasteiger partial charge in [0.1, 0.15) is 0 Å². The van der Waals surface area contributed by atoms with Gasteiger partial charge in [0.25, 0.3) is 0 Å². The molecule has 0 bridgehead atoms. The van der Waals surface area contributed by atoms with Gasteiger partial charge in [0.15, 0.2) is 5.11 Å². The van der Waals surface area contributed by atoms with Crippen molar-refractivity contribution >= 4 is 23.0 Å². The summed E-state index contributed by atoms with van der Waals surface area (Å²) in [5, 5.41) is 15.4. The molecule has 2 aromatic heterocycles. The van der Waals surface area contributed by atoms with Crippen molar-refractivity contribution in [2.75, 3.05) is 11.9 Å². The largest absolute Gasteiger partial charge is 0.362 e. The lowest BCUT2D eigenvalue weighted by Gasteiger charge is -2.06. The number of anilines is 1. The van der Waals surface area contributed by atoms with Crippen LogP contribution >= 0.6 is 12.2 Å². The van der Waals surface area contributed by atoms with Crippen LogP contribution < -0.4 is 10.6 Å². The Bertz CT molecular complexity index is 559. The van der Waals surface area contributed by atoms with Crippen molar-refractivity contribution in [3.05, 3.63) is 30.4 Å². The molecule has 0 spiro atoms. The van der Waals surface area contributed by atoms with Crippen molar-refractivity contribution in [2.45, 2.75) is 33.4 Å². The predicted molar refractivity (Wildman–Crippen MR) is 83.7 cm³/mol. The lowest BCUT2D eigenvalue weighted by atomic mass is 10.4. The number of rotatable bonds is 6. The summed E-state index contributed by atoms with van der Waals surface area (Å²) in [6.07, 6.45) is 8.64. The highest BCUT2D eigenvalue weighted by Gasteiger charge is 2.03. The highest BCUT2D eigenvalue weighted by Crippen LogP contribution is 2.07. The number of thiocarbonyl (C=S) groups is 1. The van der Waals surface area contributed by atoms with Crippen molar-refractivity contribution in [3.63, 3.8) is 0 Å². The number of hydrogen-bond donors (Lipinski definition) is 2. The molecule has 2 heterocycles. The van der Waals surface area contributed by atoms with E-state index < -0.39 is 0 Å². The molecule has 2 N–H and O–H groups in total. The Morgan fingerprint density at radius 2 is 2.00 bits per heavy atom. The molecule has 0 aliphatic heterocycles. The van der Waals surface area contributed by atoms with Gasteiger partial charge in [0.2, 0.25) is 0 Å². The average molecular weight is 292 g/mol. The molecule has 2 aromatic rings. The van der Waals surface area contributed by atoms with Crippen LogP contribution in [0.1, 0.15) is 25.8 Å². The minimum Gasteiger partial charge on any atom is -0.362 e. The number of aromatic nitrogens is 4. The van der Waals surface area contributed by atoms with Crippen LogP contribution in [-0.2, 0) is 13.1 Å². The Labute approximate surface area is 124 Å². The third-order valence-corrected chi connectivity index (χ3v) is 3.03. The Morgan fingerprint density at radius 3 is 2.70 bits per heavy atom. The fourth-order valence-electron chi connectivity index (χ4n) is 1.78. The molecule has 108 valence electrons. The molecule has 0 unspecified atom stereocenters. The second kappa shape index (κ2) is 7.04. The molecule has 0 saturated carbocycles. The van der Waals surface area contributed by atoms with E-state index in [2.05, 4.69) is 34.7 Å². The van der Waals surface area contributed by atoms with Gasteiger partial charge in [0.05, 0.1) is 24.6 Å². The lowest BCUT2D eigenvalue weighted by molar-refractivity contribution is 0.654. The van der Waals surface area contributed by atoms with E-state index in [0.29, 0.717) is 11.7 Å². The van der Waals surface area contributed by atoms with Gasteiger partial charge in [-0.25, -0.2) is 0 Å². The van der Waals surface area contributed by atoms with Crippen LogP contribution in [0.5, 0.6) is 0 Å². The minimum absolute atomic E-state index is 0.630. The van der Waals surface area contributed by atoms with Gasteiger partial charge >= 0.3 is 0 Å². The van der Waals surface area contributed by atoms with E-state index in [-0.39, 0.29) is 0 Å². The molecular formula is C13H20N6S. The summed E-state index contributed by atoms with van der Waals surface area (Å²) in [6.45, 7) is 6.62. The van der Waals surface area contributed by atoms with Crippen molar-refractivity contribution in [1.29, 1.82) is 0 Å². The SMILES string of the molecule is CCCNC(=S)Nc1cnn(Cc2cnn(CC)c2)c1. The van der Waals surface area contributed by atoms with Crippen LogP contribution in [0, 0.1) is 0 Å². The van der Waals surface area contributed by atoms with E-state index in [0.717, 1.165) is 30.8 Å². The number of hydrogen-bond acceptors (Lipinski definition) is 3. The van der Waals surface area contributed by atoms with Gasteiger partial charge in [-0.05, 0) is 25.6 Å². The molecule has 6 nitrogen and oxygen atoms in total. The van der Waals surface area contributed by atoms with E-state index in [9.17, 15) is 0 Å². The van der Waals surface area contributed by atoms with Gasteiger partial charge in [-0.2, -0.15) is 10.2 Å². The Balaban J connectivity index is 1.90. The maximum Gasteiger partial charge on any atom is 0.170 e. The van der Waals surface area contributed by atoms with E-state index >= 15 is 0 Å². The second-order valence-corrected chi connectivity index (χ2v) is 4.92. The van der Waals surface area contributed by atoms with Crippen molar-refractivity contribution in [1.82, 2.24) is 24.9 Å². The van der Waals surface area contributed by atoms with E-state index in [1.54, 1.807) is 6.20 Å². The summed E-state index contributed by atoms with van der Waals surface area (Å²) in [6, 6.07) is 0. The molecule has 7 heteroatoms. The van der Waals surface area contributed by atoms with Crippen LogP contribution in [0.25, 0.3) is 0 Å². The van der Waals surface area contributed by atoms with Gasteiger partial charge in [-0.3, -0.25) is 9.36 Å². The quantitative estimate of drug-likeness (QED) is 0.796. The van der Waals surface area contributed by atoms with E-state index in [1.807, 2.05) is 28.0 Å². The number of aryl methyl sites for hydroxylation is 1. The molecule has 20 heavy (non-hydrogen) atoms. The molecule has 0 saturated heterocycles. The fourth-order valence-corrected chi connectivity index (χ4v) is 2.00. The highest BCUT2D eigenvalue weighted by atomic mass is 32.1. The molecule has 0 atom stereocenters. The zero-order valence-corrected chi connectivity index (χ0v) is 12.7. The summed E-state index contributed by atoms with van der Waals surface area (Å²) in [4.78, 5) is 0. The Morgan fingerprint density at radius 1 is 1.20 bits per heavy atom. The van der Waals surface area contributed by atoms with E-state index in [4.69, 9.17) is 12.2 Å². The lowest BCUT2D eigenvalue weighted by Crippen LogP contribution is -2.28. The standard InChI is InChI=1S/C13H20N6S/c1-3-5-14-13(20)17-12-7-16-19(10-12)9-11-6-15-18(4-2)8-11/h6-8,10H,3-5,9H2,1-2H3,(H2,14,17,20). The smallest absolute Gasteiger partial charge is 0.170 e. The summed E-state index contributed by atoms with van der Waals surface area (Å²) in [5.74, 6) is 0. The summed E-state index contributed by atoms with van der Waals surface area (Å²) in [5.41, 5.74) is 2.02. The fraction of sp³-hybridized carbons (Fsp3) is 0.462. The molecule has 0 aliphatic rings. The zero-order chi connectivity index (χ0) is 14.4. The van der Waals surface area contributed by atoms with Crippen molar-refractivity contribution in [2.24, 2.45) is 0 Å². The molecular weight excluding hydrogens is 272 g/mol. The van der Waals surface area contributed by atoms with Gasteiger partial charge in [-0.1, -0.05) is 6.92 Å². The third-order valence-electron chi connectivity index (χ3n) is 2.78. The zero-order valence-electron chi connectivity index (χ0n) is 11.8. The number of nitrogens with zero attached hydrogens (tertiary/aromatic N) is 4. The minimum atomic E-state index is 0.630. The summed E-state index contributed by atoms with van der Waals surface area (Å²) < 4.78 is 3.77. The van der Waals surface area contributed by atoms with Crippen molar-refractivity contribution < 1.29 is 0 Å². The first kappa shape index (κ1) is 14.5. The monoisotopic (exact) mass is 292 g/mol. The van der Waals surface area contributed by atoms with Gasteiger partial charge in [0, 0.05) is 31.0 Å². The first-order valence-electron chi connectivity index (χ1n) is 6.80. The van der Waals surface area contributed by atoms with Crippen LogP contribution in [0.3, 0.4) is 0 Å². The molecule has 0 aromatic carbocycles. The molecule has 0 radical (unpaired) electrons. The first-order valence-corrected chi connectivity index (χ1v) is 7.20. The summed E-state index contributed by atoms with van der Waals surface area (Å²) in [7, 11) is 0. The molecule has 2 rings (SSSR count). The van der Waals surface area contributed by atoms with Crippen LogP contribution in [-0.4, -0.2) is 31.2 Å². The Kier molecular flexibility index (Phi) is 5.11. The van der Waals surface area contributed by atoms with E-state index in [1.165, 1.54) is 0 Å². The van der Waals surface area contributed by atoms with Crippen LogP contribution in [0.15, 0.2) is 24.8 Å². The molecule has 0 amide bonds. The van der Waals surface area contributed by atoms with Gasteiger partial charge in [-0.15, -0.1) is 0 Å². The van der Waals surface area contributed by atoms with Gasteiger partial charge < -0.3 is 10.6 Å². The molecule has 0 fully saturated rings. The predicted octanol–water partition coefficient (Wildman–Crippen LogP) is 1.84. The van der Waals surface area contributed by atoms with Crippen LogP contribution in [0.4, 0.5) is 5.69 Å². The third kappa shape index (κ3) is 4.06. The Hall–Kier alpha value is -1.89. The second-order valence-electron chi connectivity index (χ2n) is 4.51. The number of nitrogens with one attached hydrogen (secondary N) is 2. The van der Waals surface area contributed by atoms with Crippen LogP contribution in [0.2, 0.25) is 0 Å².